The van der Waals surface area contributed by atoms with E-state index in [1.165, 1.54) is 16.4 Å². The zero-order valence-corrected chi connectivity index (χ0v) is 21.3. The van der Waals surface area contributed by atoms with Gasteiger partial charge in [-0.1, -0.05) is 38.1 Å². The molecule has 1 aromatic carbocycles. The molecule has 0 bridgehead atoms. The molecule has 1 aliphatic rings. The van der Waals surface area contributed by atoms with Gasteiger partial charge in [0.15, 0.2) is 5.82 Å². The van der Waals surface area contributed by atoms with Crippen LogP contribution in [0.5, 0.6) is 0 Å². The molecule has 0 spiro atoms. The van der Waals surface area contributed by atoms with E-state index in [-0.39, 0.29) is 30.7 Å². The van der Waals surface area contributed by atoms with Crippen LogP contribution in [0.3, 0.4) is 0 Å². The van der Waals surface area contributed by atoms with Gasteiger partial charge in [0.2, 0.25) is 11.8 Å². The number of carbonyl (C=O) groups is 2. The van der Waals surface area contributed by atoms with Crippen LogP contribution in [0.4, 0.5) is 0 Å². The van der Waals surface area contributed by atoms with E-state index in [0.717, 1.165) is 26.7 Å². The number of aryl methyl sites for hydroxylation is 2. The second kappa shape index (κ2) is 10.3. The number of hydrogen-bond donors (Lipinski definition) is 2. The first-order valence-electron chi connectivity index (χ1n) is 11.3. The number of amides is 2. The minimum Gasteiger partial charge on any atom is -0.391 e. The van der Waals surface area contributed by atoms with E-state index in [4.69, 9.17) is 0 Å². The largest absolute Gasteiger partial charge is 0.391 e. The second-order valence-corrected chi connectivity index (χ2v) is 10.8. The minimum atomic E-state index is -0.737. The first kappa shape index (κ1) is 24.4. The van der Waals surface area contributed by atoms with Crippen molar-refractivity contribution in [3.63, 3.8) is 0 Å². The van der Waals surface area contributed by atoms with Crippen molar-refractivity contribution in [3.05, 3.63) is 51.9 Å². The summed E-state index contributed by atoms with van der Waals surface area (Å²) in [5, 5.41) is 14.0. The molecule has 3 aromatic rings. The van der Waals surface area contributed by atoms with E-state index in [0.29, 0.717) is 12.4 Å². The molecule has 180 valence electrons. The van der Waals surface area contributed by atoms with Crippen molar-refractivity contribution >= 4 is 34.7 Å². The number of aliphatic hydroxyl groups is 1. The second-order valence-electron chi connectivity index (χ2n) is 8.97. The SMILES string of the molecule is Cc1nc(C(C(=O)N2C[C@H](O)C[C@H]2C(=O)NCc2ccc(-c3scnc3C)cc2)C(C)C)ns1. The van der Waals surface area contributed by atoms with Gasteiger partial charge in [-0.15, -0.1) is 11.3 Å². The van der Waals surface area contributed by atoms with Gasteiger partial charge in [0.25, 0.3) is 0 Å². The number of likely N-dealkylation sites (tertiary alicyclic amines) is 1. The van der Waals surface area contributed by atoms with Crippen molar-refractivity contribution in [2.45, 2.75) is 58.7 Å². The number of carbonyl (C=O) groups excluding carboxylic acids is 2. The minimum absolute atomic E-state index is 0.0383. The number of aliphatic hydroxyl groups excluding tert-OH is 1. The fourth-order valence-corrected chi connectivity index (χ4v) is 5.61. The average Bonchev–Trinajstić information content (AvgIpc) is 3.52. The lowest BCUT2D eigenvalue weighted by atomic mass is 9.93. The van der Waals surface area contributed by atoms with Gasteiger partial charge in [0, 0.05) is 19.5 Å². The van der Waals surface area contributed by atoms with Crippen molar-refractivity contribution in [2.24, 2.45) is 5.92 Å². The Balaban J connectivity index is 1.43. The number of hydrogen-bond acceptors (Lipinski definition) is 8. The quantitative estimate of drug-likeness (QED) is 0.516. The molecule has 1 unspecified atom stereocenters. The van der Waals surface area contributed by atoms with E-state index in [9.17, 15) is 14.7 Å². The third-order valence-electron chi connectivity index (χ3n) is 6.05. The summed E-state index contributed by atoms with van der Waals surface area (Å²) in [6.45, 7) is 8.19. The predicted molar refractivity (Wildman–Crippen MR) is 132 cm³/mol. The molecule has 0 aliphatic carbocycles. The highest BCUT2D eigenvalue weighted by atomic mass is 32.1. The highest BCUT2D eigenvalue weighted by Gasteiger charge is 2.43. The molecule has 1 fully saturated rings. The Bertz CT molecular complexity index is 1160. The Morgan fingerprint density at radius 2 is 1.97 bits per heavy atom. The third-order valence-corrected chi connectivity index (χ3v) is 7.66. The molecule has 1 aliphatic heterocycles. The Morgan fingerprint density at radius 3 is 2.56 bits per heavy atom. The normalized spacial score (nSPS) is 18.9. The summed E-state index contributed by atoms with van der Waals surface area (Å²) in [4.78, 5) is 37.9. The number of nitrogens with one attached hydrogen (secondary N) is 1. The summed E-state index contributed by atoms with van der Waals surface area (Å²) in [6, 6.07) is 7.28. The maximum Gasteiger partial charge on any atom is 0.243 e. The number of β-amino-alcohol motifs (C(OH)–C–C–N with tert-alkyl or cyclic N) is 1. The number of nitrogens with zero attached hydrogens (tertiary/aromatic N) is 4. The number of thiazole rings is 1. The summed E-state index contributed by atoms with van der Waals surface area (Å²) < 4.78 is 4.34. The Kier molecular flexibility index (Phi) is 7.39. The third kappa shape index (κ3) is 5.18. The molecule has 0 saturated carbocycles. The average molecular weight is 500 g/mol. The number of aromatic nitrogens is 3. The van der Waals surface area contributed by atoms with Gasteiger partial charge in [0.1, 0.15) is 17.0 Å². The summed E-state index contributed by atoms with van der Waals surface area (Å²) >= 11 is 2.86. The Labute approximate surface area is 207 Å². The summed E-state index contributed by atoms with van der Waals surface area (Å²) in [6.07, 6.45) is -0.519. The molecule has 3 atom stereocenters. The van der Waals surface area contributed by atoms with E-state index < -0.39 is 18.1 Å². The first-order valence-corrected chi connectivity index (χ1v) is 13.0. The number of rotatable bonds is 7. The number of benzene rings is 1. The Hall–Kier alpha value is -2.69. The molecule has 4 rings (SSSR count). The molecule has 3 heterocycles. The molecule has 34 heavy (non-hydrogen) atoms. The summed E-state index contributed by atoms with van der Waals surface area (Å²) in [7, 11) is 0. The standard InChI is InChI=1S/C24H29N5O3S2/c1-13(2)20(22-27-15(4)34-28-22)24(32)29-11-18(30)9-19(29)23(31)25-10-16-5-7-17(8-6-16)21-14(3)26-12-33-21/h5-8,12-13,18-20,30H,9-11H2,1-4H3,(H,25,31)/t18-,19+,20?/m1/s1. The van der Waals surface area contributed by atoms with Crippen molar-refractivity contribution in [2.75, 3.05) is 6.54 Å². The Morgan fingerprint density at radius 1 is 1.24 bits per heavy atom. The lowest BCUT2D eigenvalue weighted by molar-refractivity contribution is -0.140. The van der Waals surface area contributed by atoms with Gasteiger partial charge < -0.3 is 15.3 Å². The predicted octanol–water partition coefficient (Wildman–Crippen LogP) is 3.30. The van der Waals surface area contributed by atoms with Crippen LogP contribution in [-0.4, -0.2) is 54.9 Å². The first-order chi connectivity index (χ1) is 16.2. The zero-order chi connectivity index (χ0) is 24.4. The van der Waals surface area contributed by atoms with Gasteiger partial charge in [0.05, 0.1) is 22.2 Å². The monoisotopic (exact) mass is 499 g/mol. The lowest BCUT2D eigenvalue weighted by Gasteiger charge is -2.28. The van der Waals surface area contributed by atoms with Crippen molar-refractivity contribution in [3.8, 4) is 10.4 Å². The van der Waals surface area contributed by atoms with Gasteiger partial charge in [-0.05, 0) is 42.4 Å². The van der Waals surface area contributed by atoms with Crippen LogP contribution >= 0.6 is 22.9 Å². The molecule has 1 saturated heterocycles. The summed E-state index contributed by atoms with van der Waals surface area (Å²) in [5.74, 6) is -0.581. The van der Waals surface area contributed by atoms with E-state index in [2.05, 4.69) is 19.7 Å². The van der Waals surface area contributed by atoms with E-state index >= 15 is 0 Å². The highest BCUT2D eigenvalue weighted by Crippen LogP contribution is 2.30. The molecular formula is C24H29N5O3S2. The van der Waals surface area contributed by atoms with Crippen LogP contribution in [0.2, 0.25) is 0 Å². The van der Waals surface area contributed by atoms with Gasteiger partial charge in [-0.25, -0.2) is 9.97 Å². The topological polar surface area (TPSA) is 108 Å². The fourth-order valence-electron chi connectivity index (χ4n) is 4.28. The zero-order valence-electron chi connectivity index (χ0n) is 19.7. The maximum atomic E-state index is 13.5. The highest BCUT2D eigenvalue weighted by molar-refractivity contribution is 7.13. The fraction of sp³-hybridized carbons (Fsp3) is 0.458. The molecular weight excluding hydrogens is 470 g/mol. The van der Waals surface area contributed by atoms with Gasteiger partial charge in [-0.3, -0.25) is 9.59 Å². The van der Waals surface area contributed by atoms with Crippen molar-refractivity contribution < 1.29 is 14.7 Å². The van der Waals surface area contributed by atoms with Crippen LogP contribution in [0.1, 0.15) is 48.3 Å². The van der Waals surface area contributed by atoms with Crippen molar-refractivity contribution in [1.29, 1.82) is 0 Å². The van der Waals surface area contributed by atoms with Crippen LogP contribution in [-0.2, 0) is 16.1 Å². The molecule has 2 amide bonds. The van der Waals surface area contributed by atoms with Crippen LogP contribution < -0.4 is 5.32 Å². The van der Waals surface area contributed by atoms with Crippen LogP contribution in [0.15, 0.2) is 29.8 Å². The van der Waals surface area contributed by atoms with Crippen LogP contribution in [0, 0.1) is 19.8 Å². The summed E-state index contributed by atoms with van der Waals surface area (Å²) in [5.41, 5.74) is 4.88. The maximum absolute atomic E-state index is 13.5. The van der Waals surface area contributed by atoms with Gasteiger partial charge in [-0.2, -0.15) is 4.37 Å². The molecule has 8 nitrogen and oxygen atoms in total. The molecule has 2 aromatic heterocycles. The smallest absolute Gasteiger partial charge is 0.243 e. The molecule has 10 heteroatoms. The van der Waals surface area contributed by atoms with Crippen molar-refractivity contribution in [1.82, 2.24) is 24.6 Å². The van der Waals surface area contributed by atoms with Gasteiger partial charge >= 0.3 is 0 Å². The van der Waals surface area contributed by atoms with Crippen LogP contribution in [0.25, 0.3) is 10.4 Å². The van der Waals surface area contributed by atoms with E-state index in [1.54, 1.807) is 11.3 Å². The van der Waals surface area contributed by atoms with E-state index in [1.807, 2.05) is 57.5 Å². The molecule has 2 N–H and O–H groups in total. The molecule has 0 radical (unpaired) electrons. The lowest BCUT2D eigenvalue weighted by Crippen LogP contribution is -2.48.